The highest BCUT2D eigenvalue weighted by Crippen LogP contribution is 2.24. The Morgan fingerprint density at radius 3 is 2.30 bits per heavy atom. The quantitative estimate of drug-likeness (QED) is 0.678. The van der Waals surface area contributed by atoms with Gasteiger partial charge in [0, 0.05) is 19.6 Å². The van der Waals surface area contributed by atoms with Crippen molar-refractivity contribution in [3.05, 3.63) is 35.9 Å². The fourth-order valence-corrected chi connectivity index (χ4v) is 3.31. The van der Waals surface area contributed by atoms with E-state index in [4.69, 9.17) is 9.47 Å². The van der Waals surface area contributed by atoms with Gasteiger partial charge in [0.15, 0.2) is 0 Å². The van der Waals surface area contributed by atoms with E-state index in [1.54, 1.807) is 5.01 Å². The minimum atomic E-state index is -0.357. The Morgan fingerprint density at radius 1 is 1.11 bits per heavy atom. The van der Waals surface area contributed by atoms with Crippen LogP contribution in [0.25, 0.3) is 0 Å². The minimum Gasteiger partial charge on any atom is -0.469 e. The fraction of sp³-hybridized carbons (Fsp3) is 0.550. The molecular weight excluding hydrogens is 348 g/mol. The Kier molecular flexibility index (Phi) is 7.79. The maximum absolute atomic E-state index is 13.2. The highest BCUT2D eigenvalue weighted by molar-refractivity contribution is 5.83. The van der Waals surface area contributed by atoms with Crippen molar-refractivity contribution >= 4 is 17.8 Å². The molecule has 0 aromatic heterocycles. The molecule has 1 saturated heterocycles. The lowest BCUT2D eigenvalue weighted by Gasteiger charge is -2.40. The van der Waals surface area contributed by atoms with Gasteiger partial charge in [-0.05, 0) is 25.3 Å². The van der Waals surface area contributed by atoms with Crippen molar-refractivity contribution < 1.29 is 23.9 Å². The number of esters is 2. The smallest absolute Gasteiger partial charge is 0.308 e. The predicted octanol–water partition coefficient (Wildman–Crippen LogP) is 1.98. The topological polar surface area (TPSA) is 76.2 Å². The first-order valence-electron chi connectivity index (χ1n) is 9.23. The average Bonchev–Trinajstić information content (AvgIpc) is 2.73. The Labute approximate surface area is 160 Å². The summed E-state index contributed by atoms with van der Waals surface area (Å²) in [5.41, 5.74) is 0.926. The van der Waals surface area contributed by atoms with Crippen LogP contribution < -0.4 is 0 Å². The van der Waals surface area contributed by atoms with Gasteiger partial charge < -0.3 is 9.47 Å². The molecule has 1 aromatic carbocycles. The third kappa shape index (κ3) is 5.53. The molecule has 7 nitrogen and oxygen atoms in total. The Hall–Kier alpha value is -2.41. The van der Waals surface area contributed by atoms with Crippen LogP contribution in [0, 0.1) is 5.92 Å². The third-order valence-electron chi connectivity index (χ3n) is 5.03. The number of methoxy groups -OCH3 is 2. The van der Waals surface area contributed by atoms with Crippen LogP contribution in [0.4, 0.5) is 0 Å². The zero-order valence-corrected chi connectivity index (χ0v) is 16.2. The Morgan fingerprint density at radius 2 is 1.74 bits per heavy atom. The summed E-state index contributed by atoms with van der Waals surface area (Å²) in [6.45, 7) is 3.25. The lowest BCUT2D eigenvalue weighted by atomic mass is 9.97. The van der Waals surface area contributed by atoms with Crippen LogP contribution in [0.15, 0.2) is 30.3 Å². The van der Waals surface area contributed by atoms with Gasteiger partial charge in [0.2, 0.25) is 5.91 Å². The molecule has 1 fully saturated rings. The summed E-state index contributed by atoms with van der Waals surface area (Å²) >= 11 is 0. The summed E-state index contributed by atoms with van der Waals surface area (Å²) in [6, 6.07) is 9.56. The largest absolute Gasteiger partial charge is 0.469 e. The van der Waals surface area contributed by atoms with Crippen molar-refractivity contribution in [1.82, 2.24) is 10.0 Å². The molecule has 27 heavy (non-hydrogen) atoms. The first-order valence-corrected chi connectivity index (χ1v) is 9.23. The molecule has 1 unspecified atom stereocenters. The van der Waals surface area contributed by atoms with E-state index in [0.717, 1.165) is 5.56 Å². The molecule has 2 rings (SSSR count). The van der Waals surface area contributed by atoms with E-state index in [-0.39, 0.29) is 42.6 Å². The summed E-state index contributed by atoms with van der Waals surface area (Å²) in [7, 11) is 2.73. The Bertz CT molecular complexity index is 641. The summed E-state index contributed by atoms with van der Waals surface area (Å²) in [5, 5.41) is 3.58. The molecule has 0 saturated carbocycles. The molecule has 0 N–H and O–H groups in total. The normalized spacial score (nSPS) is 16.4. The van der Waals surface area contributed by atoms with E-state index < -0.39 is 0 Å². The van der Waals surface area contributed by atoms with Crippen LogP contribution in [0.1, 0.15) is 37.7 Å². The summed E-state index contributed by atoms with van der Waals surface area (Å²) < 4.78 is 9.54. The molecule has 1 aromatic rings. The number of nitrogens with zero attached hydrogens (tertiary/aromatic N) is 2. The van der Waals surface area contributed by atoms with Crippen molar-refractivity contribution in [2.24, 2.45) is 5.92 Å². The van der Waals surface area contributed by atoms with Gasteiger partial charge in [-0.15, -0.1) is 0 Å². The van der Waals surface area contributed by atoms with Crippen molar-refractivity contribution in [2.45, 2.75) is 32.1 Å². The van der Waals surface area contributed by atoms with Crippen LogP contribution in [-0.2, 0) is 23.9 Å². The van der Waals surface area contributed by atoms with E-state index in [1.807, 2.05) is 42.3 Å². The van der Waals surface area contributed by atoms with Crippen molar-refractivity contribution in [3.8, 4) is 0 Å². The number of benzene rings is 1. The summed E-state index contributed by atoms with van der Waals surface area (Å²) in [4.78, 5) is 36.5. The summed E-state index contributed by atoms with van der Waals surface area (Å²) in [5.74, 6) is -1.11. The first kappa shape index (κ1) is 20.9. The SMILES string of the molecule is COC(=O)CCN(C(=O)C(C)c1ccccc1)N1CCC(C(=O)OC)CC1. The molecule has 1 amide bonds. The molecule has 1 heterocycles. The van der Waals surface area contributed by atoms with E-state index in [9.17, 15) is 14.4 Å². The average molecular weight is 376 g/mol. The van der Waals surface area contributed by atoms with Crippen molar-refractivity contribution in [2.75, 3.05) is 33.9 Å². The number of hydrogen-bond acceptors (Lipinski definition) is 6. The number of carbonyl (C=O) groups excluding carboxylic acids is 3. The molecule has 1 aliphatic heterocycles. The van der Waals surface area contributed by atoms with Gasteiger partial charge in [-0.1, -0.05) is 30.3 Å². The molecule has 1 aliphatic rings. The van der Waals surface area contributed by atoms with Crippen LogP contribution in [0.2, 0.25) is 0 Å². The van der Waals surface area contributed by atoms with Gasteiger partial charge >= 0.3 is 11.9 Å². The van der Waals surface area contributed by atoms with Gasteiger partial charge in [-0.25, -0.2) is 5.01 Å². The lowest BCUT2D eigenvalue weighted by molar-refractivity contribution is -0.159. The van der Waals surface area contributed by atoms with Crippen LogP contribution >= 0.6 is 0 Å². The predicted molar refractivity (Wildman–Crippen MR) is 99.5 cm³/mol. The molecule has 1 atom stereocenters. The maximum Gasteiger partial charge on any atom is 0.308 e. The highest BCUT2D eigenvalue weighted by Gasteiger charge is 2.32. The third-order valence-corrected chi connectivity index (χ3v) is 5.03. The molecule has 0 bridgehead atoms. The second-order valence-electron chi connectivity index (χ2n) is 6.67. The standard InChI is InChI=1S/C20H28N2O5/c1-15(16-7-5-4-6-8-16)19(24)22(14-11-18(23)26-2)21-12-9-17(10-13-21)20(25)27-3/h4-8,15,17H,9-14H2,1-3H3. The lowest BCUT2D eigenvalue weighted by Crippen LogP contribution is -2.52. The van der Waals surface area contributed by atoms with Crippen LogP contribution in [0.5, 0.6) is 0 Å². The first-order chi connectivity index (χ1) is 13.0. The number of carbonyl (C=O) groups is 3. The Balaban J connectivity index is 2.10. The second kappa shape index (κ2) is 10.1. The van der Waals surface area contributed by atoms with Gasteiger partial charge in [0.05, 0.1) is 32.5 Å². The molecule has 0 spiro atoms. The second-order valence-corrected chi connectivity index (χ2v) is 6.67. The number of hydrazine groups is 1. The number of ether oxygens (including phenoxy) is 2. The van der Waals surface area contributed by atoms with Gasteiger partial charge in [-0.2, -0.15) is 0 Å². The number of hydrogen-bond donors (Lipinski definition) is 0. The van der Waals surface area contributed by atoms with E-state index in [0.29, 0.717) is 25.9 Å². The molecule has 0 aliphatic carbocycles. The zero-order chi connectivity index (χ0) is 19.8. The number of rotatable bonds is 7. The van der Waals surface area contributed by atoms with Crippen LogP contribution in [0.3, 0.4) is 0 Å². The van der Waals surface area contributed by atoms with E-state index in [1.165, 1.54) is 14.2 Å². The fourth-order valence-electron chi connectivity index (χ4n) is 3.31. The highest BCUT2D eigenvalue weighted by atomic mass is 16.5. The molecule has 148 valence electrons. The molecular formula is C20H28N2O5. The molecule has 7 heteroatoms. The van der Waals surface area contributed by atoms with Crippen molar-refractivity contribution in [3.63, 3.8) is 0 Å². The molecule has 0 radical (unpaired) electrons. The zero-order valence-electron chi connectivity index (χ0n) is 16.2. The van der Waals surface area contributed by atoms with Gasteiger partial charge in [0.1, 0.15) is 0 Å². The van der Waals surface area contributed by atoms with Crippen molar-refractivity contribution in [1.29, 1.82) is 0 Å². The van der Waals surface area contributed by atoms with Crippen LogP contribution in [-0.4, -0.2) is 61.7 Å². The van der Waals surface area contributed by atoms with E-state index in [2.05, 4.69) is 0 Å². The van der Waals surface area contributed by atoms with E-state index >= 15 is 0 Å². The minimum absolute atomic E-state index is 0.0679. The summed E-state index contributed by atoms with van der Waals surface area (Å²) in [6.07, 6.45) is 1.36. The number of amides is 1. The van der Waals surface area contributed by atoms with Gasteiger partial charge in [0.25, 0.3) is 0 Å². The van der Waals surface area contributed by atoms with Gasteiger partial charge in [-0.3, -0.25) is 19.4 Å². The maximum atomic E-state index is 13.2. The monoisotopic (exact) mass is 376 g/mol. The number of piperidine rings is 1.